The summed E-state index contributed by atoms with van der Waals surface area (Å²) in [4.78, 5) is 4.53. The number of phenols is 1. The molecule has 0 unspecified atom stereocenters. The molecule has 0 spiro atoms. The van der Waals surface area contributed by atoms with Gasteiger partial charge in [0.2, 0.25) is 0 Å². The molecule has 0 fully saturated rings. The molecule has 0 atom stereocenters. The molecule has 84 valence electrons. The van der Waals surface area contributed by atoms with Crippen molar-refractivity contribution in [1.29, 1.82) is 0 Å². The van der Waals surface area contributed by atoms with Crippen LogP contribution in [0.4, 0.5) is 0 Å². The third-order valence-corrected chi connectivity index (χ3v) is 3.76. The monoisotopic (exact) mass is 241 g/mol. The Balaban J connectivity index is 2.14. The van der Waals surface area contributed by atoms with Gasteiger partial charge >= 0.3 is 0 Å². The number of hydrogen-bond acceptors (Lipinski definition) is 3. The molecule has 0 amide bonds. The Morgan fingerprint density at radius 1 is 1.06 bits per heavy atom. The molecular weight excluding hydrogens is 230 g/mol. The maximum atomic E-state index is 9.41. The van der Waals surface area contributed by atoms with Crippen LogP contribution in [0, 0.1) is 6.92 Å². The second-order valence-corrected chi connectivity index (χ2v) is 5.07. The normalized spacial score (nSPS) is 10.9. The van der Waals surface area contributed by atoms with Crippen LogP contribution in [0.25, 0.3) is 20.8 Å². The minimum atomic E-state index is 0.262. The lowest BCUT2D eigenvalue weighted by molar-refractivity contribution is 0.476. The van der Waals surface area contributed by atoms with Crippen LogP contribution in [-0.2, 0) is 0 Å². The number of aromatic nitrogens is 1. The van der Waals surface area contributed by atoms with E-state index in [0.29, 0.717) is 0 Å². The van der Waals surface area contributed by atoms with Gasteiger partial charge in [-0.3, -0.25) is 0 Å². The number of fused-ring (bicyclic) bond motifs is 1. The molecule has 0 aliphatic carbocycles. The number of rotatable bonds is 1. The predicted octanol–water partition coefficient (Wildman–Crippen LogP) is 3.98. The second kappa shape index (κ2) is 3.86. The molecule has 2 nitrogen and oxygen atoms in total. The second-order valence-electron chi connectivity index (χ2n) is 4.04. The number of benzene rings is 2. The van der Waals surface area contributed by atoms with Gasteiger partial charge in [0.15, 0.2) is 0 Å². The van der Waals surface area contributed by atoms with E-state index in [9.17, 15) is 5.11 Å². The van der Waals surface area contributed by atoms with E-state index in [4.69, 9.17) is 0 Å². The maximum Gasteiger partial charge on any atom is 0.124 e. The van der Waals surface area contributed by atoms with Crippen molar-refractivity contribution in [3.8, 4) is 16.3 Å². The van der Waals surface area contributed by atoms with E-state index in [1.165, 1.54) is 5.56 Å². The molecular formula is C14H11NOS. The summed E-state index contributed by atoms with van der Waals surface area (Å²) >= 11 is 1.64. The summed E-state index contributed by atoms with van der Waals surface area (Å²) in [6.45, 7) is 2.07. The summed E-state index contributed by atoms with van der Waals surface area (Å²) in [6.07, 6.45) is 0. The van der Waals surface area contributed by atoms with Crippen molar-refractivity contribution < 1.29 is 5.11 Å². The van der Waals surface area contributed by atoms with Crippen LogP contribution in [-0.4, -0.2) is 10.1 Å². The molecule has 0 aliphatic heterocycles. The fourth-order valence-corrected chi connectivity index (χ4v) is 2.69. The van der Waals surface area contributed by atoms with Gasteiger partial charge in [0, 0.05) is 11.6 Å². The van der Waals surface area contributed by atoms with Crippen LogP contribution in [0.5, 0.6) is 5.75 Å². The lowest BCUT2D eigenvalue weighted by Gasteiger charge is -1.95. The number of nitrogens with zero attached hydrogens (tertiary/aromatic N) is 1. The van der Waals surface area contributed by atoms with E-state index >= 15 is 0 Å². The summed E-state index contributed by atoms with van der Waals surface area (Å²) in [6, 6.07) is 13.6. The number of phenolic OH excluding ortho intramolecular Hbond substituents is 1. The summed E-state index contributed by atoms with van der Waals surface area (Å²) in [7, 11) is 0. The van der Waals surface area contributed by atoms with E-state index in [2.05, 4.69) is 36.2 Å². The van der Waals surface area contributed by atoms with Gasteiger partial charge in [-0.15, -0.1) is 11.3 Å². The largest absolute Gasteiger partial charge is 0.508 e. The van der Waals surface area contributed by atoms with E-state index in [0.717, 1.165) is 20.8 Å². The smallest absolute Gasteiger partial charge is 0.124 e. The first-order valence-corrected chi connectivity index (χ1v) is 6.20. The van der Waals surface area contributed by atoms with Crippen LogP contribution in [0.15, 0.2) is 42.5 Å². The Kier molecular flexibility index (Phi) is 2.34. The van der Waals surface area contributed by atoms with Crippen LogP contribution < -0.4 is 0 Å². The minimum Gasteiger partial charge on any atom is -0.508 e. The Hall–Kier alpha value is -1.87. The van der Waals surface area contributed by atoms with Gasteiger partial charge in [0.25, 0.3) is 0 Å². The van der Waals surface area contributed by atoms with Gasteiger partial charge in [-0.05, 0) is 19.1 Å². The summed E-state index contributed by atoms with van der Waals surface area (Å²) in [5.41, 5.74) is 3.22. The van der Waals surface area contributed by atoms with Crippen molar-refractivity contribution in [2.45, 2.75) is 6.92 Å². The summed E-state index contributed by atoms with van der Waals surface area (Å²) in [5, 5.41) is 10.4. The van der Waals surface area contributed by atoms with Crippen LogP contribution in [0.3, 0.4) is 0 Å². The fraction of sp³-hybridized carbons (Fsp3) is 0.0714. The zero-order valence-corrected chi connectivity index (χ0v) is 10.2. The lowest BCUT2D eigenvalue weighted by atomic mass is 10.2. The minimum absolute atomic E-state index is 0.262. The van der Waals surface area contributed by atoms with Gasteiger partial charge in [-0.1, -0.05) is 29.8 Å². The van der Waals surface area contributed by atoms with Gasteiger partial charge < -0.3 is 5.11 Å². The van der Waals surface area contributed by atoms with Crippen molar-refractivity contribution in [1.82, 2.24) is 4.98 Å². The zero-order chi connectivity index (χ0) is 11.8. The van der Waals surface area contributed by atoms with Gasteiger partial charge in [0.1, 0.15) is 10.8 Å². The van der Waals surface area contributed by atoms with E-state index in [1.54, 1.807) is 23.5 Å². The molecule has 1 N–H and O–H groups in total. The Morgan fingerprint density at radius 3 is 2.59 bits per heavy atom. The fourth-order valence-electron chi connectivity index (χ4n) is 1.74. The Labute approximate surface area is 103 Å². The van der Waals surface area contributed by atoms with Crippen LogP contribution in [0.1, 0.15) is 5.56 Å². The average Bonchev–Trinajstić information content (AvgIpc) is 2.72. The molecule has 2 aromatic carbocycles. The SMILES string of the molecule is Cc1ccc(-c2nc3cc(O)ccc3s2)cc1. The number of aromatic hydroxyl groups is 1. The van der Waals surface area contributed by atoms with Crippen molar-refractivity contribution in [3.63, 3.8) is 0 Å². The third-order valence-electron chi connectivity index (χ3n) is 2.67. The number of hydrogen-bond donors (Lipinski definition) is 1. The van der Waals surface area contributed by atoms with Crippen molar-refractivity contribution in [3.05, 3.63) is 48.0 Å². The molecule has 0 saturated carbocycles. The molecule has 1 heterocycles. The van der Waals surface area contributed by atoms with E-state index in [1.807, 2.05) is 6.07 Å². The Bertz CT molecular complexity index is 670. The maximum absolute atomic E-state index is 9.41. The topological polar surface area (TPSA) is 33.1 Å². The highest BCUT2D eigenvalue weighted by Crippen LogP contribution is 2.31. The standard InChI is InChI=1S/C14H11NOS/c1-9-2-4-10(5-3-9)14-15-12-8-11(16)6-7-13(12)17-14/h2-8,16H,1H3. The third kappa shape index (κ3) is 1.89. The van der Waals surface area contributed by atoms with E-state index < -0.39 is 0 Å². The quantitative estimate of drug-likeness (QED) is 0.699. The van der Waals surface area contributed by atoms with Gasteiger partial charge in [-0.25, -0.2) is 4.98 Å². The zero-order valence-electron chi connectivity index (χ0n) is 9.34. The van der Waals surface area contributed by atoms with E-state index in [-0.39, 0.29) is 5.75 Å². The average molecular weight is 241 g/mol. The highest BCUT2D eigenvalue weighted by molar-refractivity contribution is 7.21. The number of aryl methyl sites for hydroxylation is 1. The first-order chi connectivity index (χ1) is 8.22. The van der Waals surface area contributed by atoms with Crippen molar-refractivity contribution in [2.24, 2.45) is 0 Å². The highest BCUT2D eigenvalue weighted by atomic mass is 32.1. The molecule has 0 radical (unpaired) electrons. The van der Waals surface area contributed by atoms with Gasteiger partial charge in [-0.2, -0.15) is 0 Å². The molecule has 3 rings (SSSR count). The first-order valence-electron chi connectivity index (χ1n) is 5.39. The lowest BCUT2D eigenvalue weighted by Crippen LogP contribution is -1.76. The summed E-state index contributed by atoms with van der Waals surface area (Å²) in [5.74, 6) is 0.262. The summed E-state index contributed by atoms with van der Waals surface area (Å²) < 4.78 is 1.10. The molecule has 1 aromatic heterocycles. The molecule has 0 aliphatic rings. The van der Waals surface area contributed by atoms with Crippen LogP contribution in [0.2, 0.25) is 0 Å². The molecule has 3 heteroatoms. The molecule has 3 aromatic rings. The molecule has 0 bridgehead atoms. The van der Waals surface area contributed by atoms with Gasteiger partial charge in [0.05, 0.1) is 10.2 Å². The highest BCUT2D eigenvalue weighted by Gasteiger charge is 2.06. The number of thiazole rings is 1. The van der Waals surface area contributed by atoms with Crippen molar-refractivity contribution in [2.75, 3.05) is 0 Å². The predicted molar refractivity (Wildman–Crippen MR) is 71.5 cm³/mol. The Morgan fingerprint density at radius 2 is 1.82 bits per heavy atom. The van der Waals surface area contributed by atoms with Crippen molar-refractivity contribution >= 4 is 21.6 Å². The van der Waals surface area contributed by atoms with Crippen LogP contribution >= 0.6 is 11.3 Å². The molecule has 17 heavy (non-hydrogen) atoms. The first kappa shape index (κ1) is 10.3. The molecule has 0 saturated heterocycles.